The Hall–Kier alpha value is -1.81. The van der Waals surface area contributed by atoms with Crippen molar-refractivity contribution in [1.82, 2.24) is 10.3 Å². The largest absolute Gasteiger partial charge is 0.475 e. The first-order chi connectivity index (χ1) is 9.97. The molecule has 4 nitrogen and oxygen atoms in total. The average Bonchev–Trinajstić information content (AvgIpc) is 2.76. The van der Waals surface area contributed by atoms with E-state index in [9.17, 15) is 0 Å². The number of aromatic nitrogens is 1. The van der Waals surface area contributed by atoms with Crippen molar-refractivity contribution in [2.45, 2.75) is 53.3 Å². The molecular formula is C17H24N2O2. The summed E-state index contributed by atoms with van der Waals surface area (Å²) in [6, 6.07) is 6.27. The number of ether oxygens (including phenoxy) is 1. The van der Waals surface area contributed by atoms with Gasteiger partial charge in [0, 0.05) is 29.9 Å². The van der Waals surface area contributed by atoms with Gasteiger partial charge in [0.2, 0.25) is 5.88 Å². The monoisotopic (exact) mass is 288 g/mol. The van der Waals surface area contributed by atoms with Crippen LogP contribution in [-0.2, 0) is 6.54 Å². The van der Waals surface area contributed by atoms with Crippen molar-refractivity contribution >= 4 is 0 Å². The SMILES string of the molecule is Cc1cc(C(C)NCc2cccnc2OC(C)C)c(C)o1. The molecule has 0 fully saturated rings. The van der Waals surface area contributed by atoms with E-state index < -0.39 is 0 Å². The van der Waals surface area contributed by atoms with Gasteiger partial charge in [0.05, 0.1) is 6.10 Å². The van der Waals surface area contributed by atoms with Gasteiger partial charge in [-0.1, -0.05) is 6.07 Å². The summed E-state index contributed by atoms with van der Waals surface area (Å²) in [4.78, 5) is 4.31. The van der Waals surface area contributed by atoms with Crippen molar-refractivity contribution in [3.63, 3.8) is 0 Å². The summed E-state index contributed by atoms with van der Waals surface area (Å²) in [6.45, 7) is 10.8. The molecule has 2 heterocycles. The van der Waals surface area contributed by atoms with Gasteiger partial charge in [0.25, 0.3) is 0 Å². The zero-order chi connectivity index (χ0) is 15.4. The molecule has 0 bridgehead atoms. The Morgan fingerprint density at radius 3 is 2.67 bits per heavy atom. The van der Waals surface area contributed by atoms with Gasteiger partial charge in [0.15, 0.2) is 0 Å². The molecule has 0 aromatic carbocycles. The minimum Gasteiger partial charge on any atom is -0.475 e. The molecule has 114 valence electrons. The molecule has 2 rings (SSSR count). The summed E-state index contributed by atoms with van der Waals surface area (Å²) in [5, 5.41) is 3.50. The van der Waals surface area contributed by atoms with E-state index >= 15 is 0 Å². The van der Waals surface area contributed by atoms with Crippen LogP contribution < -0.4 is 10.1 Å². The van der Waals surface area contributed by atoms with Crippen LogP contribution in [0.3, 0.4) is 0 Å². The summed E-state index contributed by atoms with van der Waals surface area (Å²) in [5.74, 6) is 2.62. The van der Waals surface area contributed by atoms with Gasteiger partial charge in [0.1, 0.15) is 11.5 Å². The van der Waals surface area contributed by atoms with Crippen LogP contribution in [0.2, 0.25) is 0 Å². The van der Waals surface area contributed by atoms with Crippen LogP contribution in [0.4, 0.5) is 0 Å². The summed E-state index contributed by atoms with van der Waals surface area (Å²) < 4.78 is 11.3. The van der Waals surface area contributed by atoms with Gasteiger partial charge >= 0.3 is 0 Å². The number of pyridine rings is 1. The maximum absolute atomic E-state index is 5.74. The number of hydrogen-bond donors (Lipinski definition) is 1. The van der Waals surface area contributed by atoms with Gasteiger partial charge < -0.3 is 14.5 Å². The number of hydrogen-bond acceptors (Lipinski definition) is 4. The van der Waals surface area contributed by atoms with Crippen molar-refractivity contribution < 1.29 is 9.15 Å². The highest BCUT2D eigenvalue weighted by Crippen LogP contribution is 2.22. The Morgan fingerprint density at radius 1 is 1.29 bits per heavy atom. The second kappa shape index (κ2) is 6.76. The quantitative estimate of drug-likeness (QED) is 0.875. The highest BCUT2D eigenvalue weighted by Gasteiger charge is 2.13. The third-order valence-electron chi connectivity index (χ3n) is 3.34. The smallest absolute Gasteiger partial charge is 0.218 e. The Morgan fingerprint density at radius 2 is 2.05 bits per heavy atom. The van der Waals surface area contributed by atoms with Crippen LogP contribution in [0.15, 0.2) is 28.8 Å². The molecule has 0 saturated carbocycles. The van der Waals surface area contributed by atoms with E-state index in [1.165, 1.54) is 5.56 Å². The Balaban J connectivity index is 2.04. The van der Waals surface area contributed by atoms with Crippen LogP contribution in [0.5, 0.6) is 5.88 Å². The molecule has 2 aromatic rings. The standard InChI is InChI=1S/C17H24N2O2/c1-11(2)20-17-15(7-6-8-18-17)10-19-13(4)16-9-12(3)21-14(16)5/h6-9,11,13,19H,10H2,1-5H3. The highest BCUT2D eigenvalue weighted by molar-refractivity contribution is 5.27. The molecule has 1 N–H and O–H groups in total. The lowest BCUT2D eigenvalue weighted by atomic mass is 10.1. The van der Waals surface area contributed by atoms with E-state index in [0.717, 1.165) is 17.1 Å². The van der Waals surface area contributed by atoms with E-state index in [1.807, 2.05) is 39.8 Å². The van der Waals surface area contributed by atoms with Crippen LogP contribution in [0.25, 0.3) is 0 Å². The first kappa shape index (κ1) is 15.6. The van der Waals surface area contributed by atoms with Crippen molar-refractivity contribution in [1.29, 1.82) is 0 Å². The van der Waals surface area contributed by atoms with Crippen LogP contribution >= 0.6 is 0 Å². The van der Waals surface area contributed by atoms with Crippen LogP contribution in [-0.4, -0.2) is 11.1 Å². The minimum absolute atomic E-state index is 0.120. The fraction of sp³-hybridized carbons (Fsp3) is 0.471. The predicted octanol–water partition coefficient (Wildman–Crippen LogP) is 3.93. The molecule has 21 heavy (non-hydrogen) atoms. The van der Waals surface area contributed by atoms with E-state index in [4.69, 9.17) is 9.15 Å². The number of furan rings is 1. The van der Waals surface area contributed by atoms with Crippen LogP contribution in [0, 0.1) is 13.8 Å². The molecule has 0 aliphatic heterocycles. The fourth-order valence-corrected chi connectivity index (χ4v) is 2.34. The third kappa shape index (κ3) is 4.08. The second-order valence-corrected chi connectivity index (χ2v) is 5.61. The fourth-order valence-electron chi connectivity index (χ4n) is 2.34. The number of nitrogens with one attached hydrogen (secondary N) is 1. The zero-order valence-corrected chi connectivity index (χ0v) is 13.4. The Bertz CT molecular complexity index is 590. The lowest BCUT2D eigenvalue weighted by molar-refractivity contribution is 0.229. The van der Waals surface area contributed by atoms with Crippen molar-refractivity contribution in [2.75, 3.05) is 0 Å². The first-order valence-corrected chi connectivity index (χ1v) is 7.38. The normalized spacial score (nSPS) is 12.7. The molecule has 2 aromatic heterocycles. The summed E-state index contributed by atoms with van der Waals surface area (Å²) >= 11 is 0. The molecule has 0 radical (unpaired) electrons. The number of rotatable bonds is 6. The van der Waals surface area contributed by atoms with Gasteiger partial charge in [-0.05, 0) is 46.8 Å². The molecule has 0 amide bonds. The number of aryl methyl sites for hydroxylation is 2. The molecule has 0 spiro atoms. The molecule has 0 saturated heterocycles. The van der Waals surface area contributed by atoms with E-state index in [2.05, 4.69) is 23.3 Å². The van der Waals surface area contributed by atoms with Gasteiger partial charge in [-0.2, -0.15) is 0 Å². The maximum atomic E-state index is 5.74. The van der Waals surface area contributed by atoms with Gasteiger partial charge in [-0.15, -0.1) is 0 Å². The van der Waals surface area contributed by atoms with E-state index in [1.54, 1.807) is 6.20 Å². The first-order valence-electron chi connectivity index (χ1n) is 7.38. The molecular weight excluding hydrogens is 264 g/mol. The molecule has 1 atom stereocenters. The topological polar surface area (TPSA) is 47.3 Å². The molecule has 0 aliphatic carbocycles. The predicted molar refractivity (Wildman–Crippen MR) is 83.4 cm³/mol. The highest BCUT2D eigenvalue weighted by atomic mass is 16.5. The molecule has 1 unspecified atom stereocenters. The van der Waals surface area contributed by atoms with Gasteiger partial charge in [-0.25, -0.2) is 4.98 Å². The van der Waals surface area contributed by atoms with Crippen molar-refractivity contribution in [3.8, 4) is 5.88 Å². The number of nitrogens with zero attached hydrogens (tertiary/aromatic N) is 1. The summed E-state index contributed by atoms with van der Waals surface area (Å²) in [6.07, 6.45) is 1.88. The summed E-state index contributed by atoms with van der Waals surface area (Å²) in [7, 11) is 0. The minimum atomic E-state index is 0.120. The Kier molecular flexibility index (Phi) is 5.02. The lowest BCUT2D eigenvalue weighted by Gasteiger charge is -2.16. The van der Waals surface area contributed by atoms with Gasteiger partial charge in [-0.3, -0.25) is 0 Å². The Labute approximate surface area is 126 Å². The van der Waals surface area contributed by atoms with Crippen molar-refractivity contribution in [2.24, 2.45) is 0 Å². The zero-order valence-electron chi connectivity index (χ0n) is 13.4. The maximum Gasteiger partial charge on any atom is 0.218 e. The molecule has 4 heteroatoms. The average molecular weight is 288 g/mol. The van der Waals surface area contributed by atoms with E-state index in [-0.39, 0.29) is 12.1 Å². The van der Waals surface area contributed by atoms with Crippen LogP contribution in [0.1, 0.15) is 49.5 Å². The third-order valence-corrected chi connectivity index (χ3v) is 3.34. The molecule has 0 aliphatic rings. The van der Waals surface area contributed by atoms with E-state index in [0.29, 0.717) is 12.4 Å². The lowest BCUT2D eigenvalue weighted by Crippen LogP contribution is -2.19. The second-order valence-electron chi connectivity index (χ2n) is 5.61. The summed E-state index contributed by atoms with van der Waals surface area (Å²) in [5.41, 5.74) is 2.26. The van der Waals surface area contributed by atoms with Crippen molar-refractivity contribution in [3.05, 3.63) is 47.0 Å².